The highest BCUT2D eigenvalue weighted by Crippen LogP contribution is 2.27. The van der Waals surface area contributed by atoms with Gasteiger partial charge in [-0.3, -0.25) is 4.84 Å². The van der Waals surface area contributed by atoms with Crippen LogP contribution in [0.5, 0.6) is 0 Å². The lowest BCUT2D eigenvalue weighted by Crippen LogP contribution is -2.72. The second-order valence-corrected chi connectivity index (χ2v) is 5.00. The number of piperazine rings is 3. The van der Waals surface area contributed by atoms with Crippen LogP contribution in [-0.2, 0) is 9.63 Å². The summed E-state index contributed by atoms with van der Waals surface area (Å²) >= 11 is 0. The lowest BCUT2D eigenvalue weighted by Gasteiger charge is -2.46. The predicted molar refractivity (Wildman–Crippen MR) is 63.0 cm³/mol. The highest BCUT2D eigenvalue weighted by atomic mass is 19.5. The minimum Gasteiger partial charge on any atom is -0.418 e. The molecule has 3 rings (SSSR count). The maximum Gasteiger partial charge on any atom is 0.673 e. The van der Waals surface area contributed by atoms with Crippen LogP contribution in [-0.4, -0.2) is 69.1 Å². The topological polar surface area (TPSA) is 26.3 Å². The van der Waals surface area contributed by atoms with Gasteiger partial charge in [-0.15, -0.1) is 9.35 Å². The molecule has 0 aromatic carbocycles. The third-order valence-corrected chi connectivity index (χ3v) is 3.05. The van der Waals surface area contributed by atoms with E-state index in [9.17, 15) is 43.8 Å². The normalized spacial score (nSPS) is 29.7. The van der Waals surface area contributed by atoms with Gasteiger partial charge < -0.3 is 34.5 Å². The van der Waals surface area contributed by atoms with E-state index in [4.69, 9.17) is 4.84 Å². The fourth-order valence-corrected chi connectivity index (χ4v) is 2.16. The number of carbonyl (C=O) groups is 1. The molecule has 2 bridgehead atoms. The van der Waals surface area contributed by atoms with Gasteiger partial charge in [0.15, 0.2) is 39.3 Å². The van der Waals surface area contributed by atoms with Crippen molar-refractivity contribution in [3.8, 4) is 0 Å². The van der Waals surface area contributed by atoms with E-state index >= 15 is 0 Å². The van der Waals surface area contributed by atoms with Gasteiger partial charge in [-0.05, 0) is 4.48 Å². The molecule has 0 spiro atoms. The molecule has 0 radical (unpaired) electrons. The Kier molecular flexibility index (Phi) is 7.27. The van der Waals surface area contributed by atoms with E-state index in [2.05, 4.69) is 0 Å². The van der Waals surface area contributed by atoms with Crippen molar-refractivity contribution in [3.05, 3.63) is 0 Å². The Labute approximate surface area is 126 Å². The van der Waals surface area contributed by atoms with Gasteiger partial charge in [-0.2, -0.15) is 0 Å². The lowest BCUT2D eigenvalue weighted by atomic mass is 10.2. The van der Waals surface area contributed by atoms with Gasteiger partial charge in [0.05, 0.1) is 0 Å². The van der Waals surface area contributed by atoms with Gasteiger partial charge in [0.25, 0.3) is 0 Å². The molecule has 15 heteroatoms. The molecule has 138 valence electrons. The minimum absolute atomic E-state index is 0.263. The third-order valence-electron chi connectivity index (χ3n) is 3.05. The first-order chi connectivity index (χ1) is 10.0. The Morgan fingerprint density at radius 1 is 0.783 bits per heavy atom. The summed E-state index contributed by atoms with van der Waals surface area (Å²) in [5, 5.41) is 0. The fraction of sp³-hybridized carbons (Fsp3) is 0.875. The SMILES string of the molecule is CC(=O)O[N+]12CC[N+](F)(CC1)CC2.F[B-](F)(F)F.F[B-](F)(F)F. The Morgan fingerprint density at radius 2 is 1.04 bits per heavy atom. The van der Waals surface area contributed by atoms with E-state index in [-0.39, 0.29) is 10.7 Å². The van der Waals surface area contributed by atoms with Crippen LogP contribution in [0, 0.1) is 0 Å². The third kappa shape index (κ3) is 12.0. The summed E-state index contributed by atoms with van der Waals surface area (Å²) in [6, 6.07) is 0. The Morgan fingerprint density at radius 3 is 1.26 bits per heavy atom. The molecule has 0 unspecified atom stereocenters. The second-order valence-electron chi connectivity index (χ2n) is 5.00. The van der Waals surface area contributed by atoms with Crippen molar-refractivity contribution < 1.29 is 58.0 Å². The molecule has 0 atom stereocenters. The molecule has 3 aliphatic heterocycles. The van der Waals surface area contributed by atoms with Gasteiger partial charge in [0, 0.05) is 6.92 Å². The van der Waals surface area contributed by atoms with Crippen molar-refractivity contribution in [2.24, 2.45) is 0 Å². The van der Waals surface area contributed by atoms with Crippen molar-refractivity contribution in [2.75, 3.05) is 39.3 Å². The maximum atomic E-state index is 13.6. The van der Waals surface area contributed by atoms with E-state index in [1.54, 1.807) is 0 Å². The summed E-state index contributed by atoms with van der Waals surface area (Å²) in [6.07, 6.45) is 0. The molecule has 3 fully saturated rings. The first kappa shape index (κ1) is 21.9. The predicted octanol–water partition coefficient (Wildman–Crippen LogP) is 2.61. The molecule has 0 amide bonds. The Bertz CT molecular complexity index is 355. The van der Waals surface area contributed by atoms with Gasteiger partial charge in [-0.25, -0.2) is 4.79 Å². The monoisotopic (exact) mass is 364 g/mol. The zero-order valence-electron chi connectivity index (χ0n) is 12.0. The number of hydroxylamine groups is 3. The number of quaternary nitrogens is 2. The summed E-state index contributed by atoms with van der Waals surface area (Å²) in [7, 11) is -12.0. The summed E-state index contributed by atoms with van der Waals surface area (Å²) in [6.45, 7) is 4.71. The van der Waals surface area contributed by atoms with Crippen molar-refractivity contribution in [1.82, 2.24) is 0 Å². The van der Waals surface area contributed by atoms with Gasteiger partial charge in [-0.1, -0.05) is 0 Å². The molecular weight excluding hydrogens is 349 g/mol. The molecule has 3 heterocycles. The minimum atomic E-state index is -6.00. The molecule has 23 heavy (non-hydrogen) atoms. The quantitative estimate of drug-likeness (QED) is 0.310. The van der Waals surface area contributed by atoms with Crippen LogP contribution in [0.3, 0.4) is 0 Å². The molecule has 3 aliphatic rings. The van der Waals surface area contributed by atoms with Crippen LogP contribution in [0.1, 0.15) is 6.92 Å². The standard InChI is InChI=1S/C8H15FN2O2.2BF4/c1-8(12)13-11-5-2-10(9,3-6-11)4-7-11;2*2-1(3,4)5/h2-7H2,1H3;;/q+2;2*-1. The lowest BCUT2D eigenvalue weighted by molar-refractivity contribution is -1.21. The number of fused-ring (bicyclic) bond motifs is 3. The number of rotatable bonds is 1. The van der Waals surface area contributed by atoms with Crippen LogP contribution >= 0.6 is 0 Å². The zero-order valence-corrected chi connectivity index (χ0v) is 12.0. The number of hydrogen-bond donors (Lipinski definition) is 0. The molecule has 0 aromatic heterocycles. The highest BCUT2D eigenvalue weighted by Gasteiger charge is 2.53. The van der Waals surface area contributed by atoms with E-state index in [0.717, 1.165) is 0 Å². The molecule has 0 N–H and O–H groups in total. The average Bonchev–Trinajstić information content (AvgIpc) is 2.26. The Hall–Kier alpha value is -1.11. The van der Waals surface area contributed by atoms with E-state index in [0.29, 0.717) is 43.9 Å². The van der Waals surface area contributed by atoms with Gasteiger partial charge >= 0.3 is 20.5 Å². The largest absolute Gasteiger partial charge is 0.673 e. The van der Waals surface area contributed by atoms with Gasteiger partial charge in [0.2, 0.25) is 0 Å². The van der Waals surface area contributed by atoms with Crippen LogP contribution in [0.15, 0.2) is 0 Å². The van der Waals surface area contributed by atoms with Crippen molar-refractivity contribution in [3.63, 3.8) is 0 Å². The summed E-state index contributed by atoms with van der Waals surface area (Å²) in [5.41, 5.74) is 0. The fourth-order valence-electron chi connectivity index (χ4n) is 2.16. The summed E-state index contributed by atoms with van der Waals surface area (Å²) in [4.78, 5) is 16.1. The van der Waals surface area contributed by atoms with Crippen LogP contribution in [0.4, 0.5) is 39.0 Å². The number of nitrogens with zero attached hydrogens (tertiary/aromatic N) is 2. The number of carbonyl (C=O) groups excluding carboxylic acids is 1. The summed E-state index contributed by atoms with van der Waals surface area (Å²) < 4.78 is 91.6. The first-order valence-electron chi connectivity index (χ1n) is 6.40. The molecule has 3 saturated heterocycles. The van der Waals surface area contributed by atoms with E-state index in [1.807, 2.05) is 0 Å². The average molecular weight is 364 g/mol. The maximum absolute atomic E-state index is 13.6. The van der Waals surface area contributed by atoms with Crippen LogP contribution in [0.2, 0.25) is 0 Å². The smallest absolute Gasteiger partial charge is 0.418 e. The van der Waals surface area contributed by atoms with Crippen molar-refractivity contribution in [2.45, 2.75) is 6.92 Å². The van der Waals surface area contributed by atoms with Crippen LogP contribution < -0.4 is 0 Å². The Balaban J connectivity index is 0.000000406. The summed E-state index contributed by atoms with van der Waals surface area (Å²) in [5.74, 6) is -0.263. The molecular formula is C8H15B2F9N2O2. The van der Waals surface area contributed by atoms with E-state index < -0.39 is 14.5 Å². The molecule has 0 saturated carbocycles. The van der Waals surface area contributed by atoms with E-state index in [1.165, 1.54) is 6.92 Å². The van der Waals surface area contributed by atoms with Crippen molar-refractivity contribution >= 4 is 20.5 Å². The van der Waals surface area contributed by atoms with Gasteiger partial charge in [0.1, 0.15) is 0 Å². The second kappa shape index (κ2) is 7.64. The molecule has 0 aliphatic carbocycles. The van der Waals surface area contributed by atoms with Crippen molar-refractivity contribution in [1.29, 1.82) is 0 Å². The molecule has 4 nitrogen and oxygen atoms in total. The number of hydrogen-bond acceptors (Lipinski definition) is 2. The van der Waals surface area contributed by atoms with Crippen LogP contribution in [0.25, 0.3) is 0 Å². The zero-order chi connectivity index (χ0) is 18.5. The number of halogens is 9. The molecule has 0 aromatic rings. The first-order valence-corrected chi connectivity index (χ1v) is 6.40. The highest BCUT2D eigenvalue weighted by molar-refractivity contribution is 6.50.